The molecule has 1 fully saturated rings. The van der Waals surface area contributed by atoms with Crippen molar-refractivity contribution in [2.75, 3.05) is 0 Å². The lowest BCUT2D eigenvalue weighted by Crippen LogP contribution is -2.40. The first kappa shape index (κ1) is 13.6. The number of carbonyl (C=O) groups excluding carboxylic acids is 1. The molecule has 0 bridgehead atoms. The second kappa shape index (κ2) is 4.37. The van der Waals surface area contributed by atoms with Crippen LogP contribution in [0.2, 0.25) is 0 Å². The molecule has 2 N–H and O–H groups in total. The summed E-state index contributed by atoms with van der Waals surface area (Å²) in [4.78, 5) is 11.7. The minimum Gasteiger partial charge on any atom is -0.406 e. The van der Waals surface area contributed by atoms with Crippen LogP contribution in [0.15, 0.2) is 24.3 Å². The molecular weight excluding hydrogens is 281 g/mol. The Kier molecular flexibility index (Phi) is 3.13. The predicted octanol–water partition coefficient (Wildman–Crippen LogP) is 1.80. The lowest BCUT2D eigenvalue weighted by molar-refractivity contribution is -0.274. The molecule has 1 amide bonds. The van der Waals surface area contributed by atoms with Gasteiger partial charge in [-0.05, 0) is 36.8 Å². The Morgan fingerprint density at radius 3 is 2.26 bits per heavy atom. The van der Waals surface area contributed by atoms with Gasteiger partial charge in [0.15, 0.2) is 5.11 Å². The van der Waals surface area contributed by atoms with Crippen LogP contribution in [0.4, 0.5) is 13.2 Å². The van der Waals surface area contributed by atoms with Gasteiger partial charge in [-0.15, -0.1) is 13.2 Å². The summed E-state index contributed by atoms with van der Waals surface area (Å²) >= 11 is 4.83. The minimum atomic E-state index is -4.74. The van der Waals surface area contributed by atoms with Gasteiger partial charge in [0, 0.05) is 0 Å². The van der Waals surface area contributed by atoms with E-state index in [0.29, 0.717) is 5.56 Å². The third kappa shape index (κ3) is 2.78. The van der Waals surface area contributed by atoms with E-state index < -0.39 is 11.9 Å². The van der Waals surface area contributed by atoms with Gasteiger partial charge < -0.3 is 15.4 Å². The fraction of sp³-hybridized carbons (Fsp3) is 0.273. The Bertz CT molecular complexity index is 530. The number of nitrogens with one attached hydrogen (secondary N) is 2. The zero-order valence-electron chi connectivity index (χ0n) is 9.67. The van der Waals surface area contributed by atoms with E-state index >= 15 is 0 Å². The molecule has 0 aliphatic carbocycles. The van der Waals surface area contributed by atoms with Crippen LogP contribution >= 0.6 is 12.2 Å². The lowest BCUT2D eigenvalue weighted by Gasteiger charge is -2.21. The zero-order chi connectivity index (χ0) is 14.3. The Morgan fingerprint density at radius 2 is 1.84 bits per heavy atom. The maximum atomic E-state index is 12.0. The molecule has 1 aromatic rings. The van der Waals surface area contributed by atoms with Gasteiger partial charge >= 0.3 is 6.36 Å². The van der Waals surface area contributed by atoms with Gasteiger partial charge in [-0.1, -0.05) is 12.1 Å². The standard InChI is InChI=1S/C11H9F3N2O2S/c1-10(8(17)15-9(19)16-10)6-2-4-7(5-3-6)18-11(12,13)14/h2-5H,1H3,(H2,15,16,17,19). The highest BCUT2D eigenvalue weighted by molar-refractivity contribution is 7.80. The Morgan fingerprint density at radius 1 is 1.26 bits per heavy atom. The van der Waals surface area contributed by atoms with Crippen molar-refractivity contribution in [3.8, 4) is 5.75 Å². The molecule has 1 aliphatic heterocycles. The Balaban J connectivity index is 2.24. The number of benzene rings is 1. The molecule has 1 atom stereocenters. The van der Waals surface area contributed by atoms with Crippen molar-refractivity contribution in [2.24, 2.45) is 0 Å². The molecule has 1 saturated heterocycles. The van der Waals surface area contributed by atoms with Crippen LogP contribution in [0.5, 0.6) is 5.75 Å². The smallest absolute Gasteiger partial charge is 0.406 e. The summed E-state index contributed by atoms with van der Waals surface area (Å²) in [7, 11) is 0. The van der Waals surface area contributed by atoms with Crippen LogP contribution in [0.3, 0.4) is 0 Å². The van der Waals surface area contributed by atoms with Gasteiger partial charge in [0.2, 0.25) is 0 Å². The van der Waals surface area contributed by atoms with Crippen molar-refractivity contribution in [3.05, 3.63) is 29.8 Å². The van der Waals surface area contributed by atoms with Crippen LogP contribution < -0.4 is 15.4 Å². The first-order valence-corrected chi connectivity index (χ1v) is 5.61. The number of hydrogen-bond donors (Lipinski definition) is 2. The first-order chi connectivity index (χ1) is 8.71. The molecule has 1 aliphatic rings. The summed E-state index contributed by atoms with van der Waals surface area (Å²) in [5, 5.41) is 5.38. The van der Waals surface area contributed by atoms with Crippen LogP contribution in [0.1, 0.15) is 12.5 Å². The summed E-state index contributed by atoms with van der Waals surface area (Å²) in [6.45, 7) is 1.58. The molecule has 102 valence electrons. The van der Waals surface area contributed by atoms with Crippen molar-refractivity contribution < 1.29 is 22.7 Å². The van der Waals surface area contributed by atoms with E-state index in [1.54, 1.807) is 6.92 Å². The number of rotatable bonds is 2. The molecular formula is C11H9F3N2O2S. The lowest BCUT2D eigenvalue weighted by atomic mass is 9.92. The van der Waals surface area contributed by atoms with Gasteiger partial charge in [-0.25, -0.2) is 0 Å². The predicted molar refractivity (Wildman–Crippen MR) is 64.4 cm³/mol. The van der Waals surface area contributed by atoms with Crippen molar-refractivity contribution in [3.63, 3.8) is 0 Å². The molecule has 1 unspecified atom stereocenters. The first-order valence-electron chi connectivity index (χ1n) is 5.20. The maximum absolute atomic E-state index is 12.0. The molecule has 4 nitrogen and oxygen atoms in total. The molecule has 0 aromatic heterocycles. The van der Waals surface area contributed by atoms with Gasteiger partial charge in [0.25, 0.3) is 5.91 Å². The summed E-state index contributed by atoms with van der Waals surface area (Å²) < 4.78 is 39.8. The summed E-state index contributed by atoms with van der Waals surface area (Å²) in [5.41, 5.74) is -0.604. The van der Waals surface area contributed by atoms with Crippen LogP contribution in [-0.4, -0.2) is 17.4 Å². The zero-order valence-corrected chi connectivity index (χ0v) is 10.5. The summed E-state index contributed by atoms with van der Waals surface area (Å²) in [6, 6.07) is 5.04. The van der Waals surface area contributed by atoms with Crippen molar-refractivity contribution >= 4 is 23.2 Å². The average molecular weight is 290 g/mol. The number of thiocarbonyl (C=S) groups is 1. The topological polar surface area (TPSA) is 50.4 Å². The normalized spacial score (nSPS) is 22.9. The number of carbonyl (C=O) groups is 1. The van der Waals surface area contributed by atoms with E-state index in [-0.39, 0.29) is 16.8 Å². The number of ether oxygens (including phenoxy) is 1. The molecule has 0 saturated carbocycles. The molecule has 19 heavy (non-hydrogen) atoms. The fourth-order valence-corrected chi connectivity index (χ4v) is 2.03. The highest BCUT2D eigenvalue weighted by atomic mass is 32.1. The number of hydrogen-bond acceptors (Lipinski definition) is 3. The Hall–Kier alpha value is -1.83. The molecule has 1 aromatic carbocycles. The molecule has 8 heteroatoms. The summed E-state index contributed by atoms with van der Waals surface area (Å²) in [5.74, 6) is -0.706. The van der Waals surface area contributed by atoms with Crippen LogP contribution in [0.25, 0.3) is 0 Å². The van der Waals surface area contributed by atoms with Crippen LogP contribution in [-0.2, 0) is 10.3 Å². The van der Waals surface area contributed by atoms with E-state index in [9.17, 15) is 18.0 Å². The number of halogens is 3. The summed E-state index contributed by atoms with van der Waals surface area (Å²) in [6.07, 6.45) is -4.74. The maximum Gasteiger partial charge on any atom is 0.573 e. The largest absolute Gasteiger partial charge is 0.573 e. The second-order valence-electron chi connectivity index (χ2n) is 4.11. The average Bonchev–Trinajstić information content (AvgIpc) is 2.52. The second-order valence-corrected chi connectivity index (χ2v) is 4.51. The number of alkyl halides is 3. The fourth-order valence-electron chi connectivity index (χ4n) is 1.74. The van der Waals surface area contributed by atoms with Gasteiger partial charge in [0.1, 0.15) is 11.3 Å². The van der Waals surface area contributed by atoms with E-state index in [0.717, 1.165) is 12.1 Å². The highest BCUT2D eigenvalue weighted by Gasteiger charge is 2.41. The van der Waals surface area contributed by atoms with E-state index in [2.05, 4.69) is 15.4 Å². The number of amides is 1. The third-order valence-electron chi connectivity index (χ3n) is 2.71. The molecule has 1 heterocycles. The van der Waals surface area contributed by atoms with E-state index in [4.69, 9.17) is 12.2 Å². The van der Waals surface area contributed by atoms with Gasteiger partial charge in [-0.2, -0.15) is 0 Å². The van der Waals surface area contributed by atoms with Gasteiger partial charge in [0.05, 0.1) is 0 Å². The van der Waals surface area contributed by atoms with Crippen LogP contribution in [0, 0.1) is 0 Å². The Labute approximate surface area is 111 Å². The van der Waals surface area contributed by atoms with Crippen molar-refractivity contribution in [2.45, 2.75) is 18.8 Å². The van der Waals surface area contributed by atoms with Crippen molar-refractivity contribution in [1.82, 2.24) is 10.6 Å². The highest BCUT2D eigenvalue weighted by Crippen LogP contribution is 2.28. The molecule has 2 rings (SSSR count). The SMILES string of the molecule is CC1(c2ccc(OC(F)(F)F)cc2)NC(=S)NC1=O. The van der Waals surface area contributed by atoms with E-state index in [1.807, 2.05) is 0 Å². The monoisotopic (exact) mass is 290 g/mol. The van der Waals surface area contributed by atoms with Crippen molar-refractivity contribution in [1.29, 1.82) is 0 Å². The van der Waals surface area contributed by atoms with E-state index in [1.165, 1.54) is 12.1 Å². The third-order valence-corrected chi connectivity index (χ3v) is 2.91. The molecule has 0 spiro atoms. The minimum absolute atomic E-state index is 0.183. The van der Waals surface area contributed by atoms with Gasteiger partial charge in [-0.3, -0.25) is 4.79 Å². The quantitative estimate of drug-likeness (QED) is 0.816. The molecule has 0 radical (unpaired) electrons.